The smallest absolute Gasteiger partial charge is 0.193 e. The highest BCUT2D eigenvalue weighted by Gasteiger charge is 2.48. The monoisotopic (exact) mass is 277 g/mol. The average Bonchev–Trinajstić information content (AvgIpc) is 2.49. The number of fused-ring (bicyclic) bond motifs is 1. The summed E-state index contributed by atoms with van der Waals surface area (Å²) in [6.07, 6.45) is 3.89. The zero-order valence-corrected chi connectivity index (χ0v) is 13.7. The van der Waals surface area contributed by atoms with Crippen molar-refractivity contribution in [1.82, 2.24) is 4.98 Å². The largest absolute Gasteiger partial charge is 0.407 e. The van der Waals surface area contributed by atoms with Crippen LogP contribution in [0.15, 0.2) is 18.5 Å². The number of rotatable bonds is 2. The predicted molar refractivity (Wildman–Crippen MR) is 78.8 cm³/mol. The molecule has 1 atom stereocenters. The summed E-state index contributed by atoms with van der Waals surface area (Å²) in [6.45, 7) is 13.1. The van der Waals surface area contributed by atoms with Gasteiger partial charge in [0.05, 0.1) is 5.60 Å². The lowest BCUT2D eigenvalue weighted by Gasteiger charge is -2.42. The first-order valence-corrected chi connectivity index (χ1v) is 9.65. The minimum Gasteiger partial charge on any atom is -0.407 e. The van der Waals surface area contributed by atoms with E-state index in [4.69, 9.17) is 4.43 Å². The molecular weight excluding hydrogens is 254 g/mol. The molecule has 0 amide bonds. The van der Waals surface area contributed by atoms with Crippen molar-refractivity contribution in [2.75, 3.05) is 0 Å². The topological polar surface area (TPSA) is 39.2 Å². The molecule has 0 aliphatic heterocycles. The van der Waals surface area contributed by atoms with E-state index in [2.05, 4.69) is 38.8 Å². The van der Waals surface area contributed by atoms with Crippen molar-refractivity contribution in [2.24, 2.45) is 0 Å². The van der Waals surface area contributed by atoms with Gasteiger partial charge in [-0.25, -0.2) is 0 Å². The number of nitrogens with zero attached hydrogens (tertiary/aromatic N) is 1. The molecule has 0 unspecified atom stereocenters. The lowest BCUT2D eigenvalue weighted by Crippen LogP contribution is -2.46. The molecule has 0 saturated heterocycles. The van der Waals surface area contributed by atoms with Crippen LogP contribution in [0.5, 0.6) is 0 Å². The predicted octanol–water partition coefficient (Wildman–Crippen LogP) is 3.91. The van der Waals surface area contributed by atoms with E-state index in [1.165, 1.54) is 0 Å². The van der Waals surface area contributed by atoms with Crippen LogP contribution in [-0.2, 0) is 10.0 Å². The number of hydrogen-bond donors (Lipinski definition) is 0. The van der Waals surface area contributed by atoms with Gasteiger partial charge in [0.15, 0.2) is 14.1 Å². The Morgan fingerprint density at radius 1 is 1.37 bits per heavy atom. The Kier molecular flexibility index (Phi) is 3.22. The number of aromatic nitrogens is 1. The molecule has 0 saturated carbocycles. The van der Waals surface area contributed by atoms with Crippen LogP contribution in [0.3, 0.4) is 0 Å². The van der Waals surface area contributed by atoms with Gasteiger partial charge in [0, 0.05) is 29.9 Å². The number of ketones is 1. The van der Waals surface area contributed by atoms with Crippen molar-refractivity contribution in [3.8, 4) is 0 Å². The molecule has 4 heteroatoms. The Morgan fingerprint density at radius 2 is 2.00 bits per heavy atom. The minimum absolute atomic E-state index is 0.129. The average molecular weight is 277 g/mol. The van der Waals surface area contributed by atoms with Gasteiger partial charge in [-0.2, -0.15) is 0 Å². The van der Waals surface area contributed by atoms with Gasteiger partial charge in [0.2, 0.25) is 0 Å². The molecule has 0 N–H and O–H groups in total. The highest BCUT2D eigenvalue weighted by molar-refractivity contribution is 6.74. The fourth-order valence-corrected chi connectivity index (χ4v) is 3.98. The van der Waals surface area contributed by atoms with Gasteiger partial charge < -0.3 is 4.43 Å². The van der Waals surface area contributed by atoms with E-state index in [9.17, 15) is 4.79 Å². The molecule has 19 heavy (non-hydrogen) atoms. The first kappa shape index (κ1) is 14.4. The number of hydrogen-bond acceptors (Lipinski definition) is 3. The maximum atomic E-state index is 12.1. The molecule has 1 aromatic heterocycles. The van der Waals surface area contributed by atoms with E-state index in [0.29, 0.717) is 6.42 Å². The molecule has 1 aromatic rings. The standard InChI is InChI=1S/C15H23NO2Si/c1-14(2,3)19(5,6)18-15(4)9-13(17)11-7-8-16-10-12(11)15/h7-8,10H,9H2,1-6H3/t15-/m0/s1. The van der Waals surface area contributed by atoms with E-state index in [1.54, 1.807) is 18.5 Å². The summed E-state index contributed by atoms with van der Waals surface area (Å²) >= 11 is 0. The molecule has 1 aliphatic rings. The van der Waals surface area contributed by atoms with Crippen LogP contribution >= 0.6 is 0 Å². The molecule has 104 valence electrons. The Bertz CT molecular complexity index is 519. The van der Waals surface area contributed by atoms with Gasteiger partial charge in [0.1, 0.15) is 0 Å². The lowest BCUT2D eigenvalue weighted by molar-refractivity contribution is 0.0618. The maximum absolute atomic E-state index is 12.1. The number of Topliss-reactive ketones (excluding diaryl/α,β-unsaturated/α-hetero) is 1. The fourth-order valence-electron chi connectivity index (χ4n) is 2.36. The third kappa shape index (κ3) is 2.39. The highest BCUT2D eigenvalue weighted by atomic mass is 28.4. The van der Waals surface area contributed by atoms with E-state index < -0.39 is 13.9 Å². The second-order valence-electron chi connectivity index (χ2n) is 7.11. The summed E-state index contributed by atoms with van der Waals surface area (Å²) in [5, 5.41) is 0.129. The summed E-state index contributed by atoms with van der Waals surface area (Å²) in [7, 11) is -1.92. The van der Waals surface area contributed by atoms with Crippen molar-refractivity contribution < 1.29 is 9.22 Å². The highest BCUT2D eigenvalue weighted by Crippen LogP contribution is 2.46. The van der Waals surface area contributed by atoms with Crippen molar-refractivity contribution in [3.63, 3.8) is 0 Å². The zero-order chi connectivity index (χ0) is 14.5. The summed E-state index contributed by atoms with van der Waals surface area (Å²) in [5.41, 5.74) is 1.21. The molecule has 0 aromatic carbocycles. The van der Waals surface area contributed by atoms with E-state index >= 15 is 0 Å². The first-order valence-electron chi connectivity index (χ1n) is 6.75. The van der Waals surface area contributed by atoms with Gasteiger partial charge in [0.25, 0.3) is 0 Å². The van der Waals surface area contributed by atoms with Crippen LogP contribution in [0.1, 0.15) is 50.0 Å². The molecule has 0 bridgehead atoms. The molecule has 0 spiro atoms. The summed E-state index contributed by atoms with van der Waals surface area (Å²) in [4.78, 5) is 16.3. The van der Waals surface area contributed by atoms with E-state index in [1.807, 2.05) is 6.92 Å². The van der Waals surface area contributed by atoms with Gasteiger partial charge in [-0.05, 0) is 31.1 Å². The van der Waals surface area contributed by atoms with Crippen LogP contribution in [0.2, 0.25) is 18.1 Å². The lowest BCUT2D eigenvalue weighted by atomic mass is 10.0. The van der Waals surface area contributed by atoms with Crippen LogP contribution in [0.4, 0.5) is 0 Å². The van der Waals surface area contributed by atoms with Crippen molar-refractivity contribution >= 4 is 14.1 Å². The Labute approximate surface area is 116 Å². The maximum Gasteiger partial charge on any atom is 0.193 e. The molecule has 1 heterocycles. The second-order valence-corrected chi connectivity index (χ2v) is 11.8. The summed E-state index contributed by atoms with van der Waals surface area (Å²) in [5.74, 6) is 0.165. The molecule has 0 radical (unpaired) electrons. The Morgan fingerprint density at radius 3 is 2.58 bits per heavy atom. The van der Waals surface area contributed by atoms with Crippen molar-refractivity contribution in [2.45, 2.75) is 57.8 Å². The van der Waals surface area contributed by atoms with Crippen molar-refractivity contribution in [1.29, 1.82) is 0 Å². The molecule has 0 fully saturated rings. The van der Waals surface area contributed by atoms with Gasteiger partial charge in [-0.3, -0.25) is 9.78 Å². The molecule has 3 nitrogen and oxygen atoms in total. The third-order valence-electron chi connectivity index (χ3n) is 4.48. The summed E-state index contributed by atoms with van der Waals surface area (Å²) in [6, 6.07) is 1.80. The first-order chi connectivity index (χ1) is 8.57. The molecule has 2 rings (SSSR count). The second kappa shape index (κ2) is 4.25. The molecular formula is C15H23NO2Si. The van der Waals surface area contributed by atoms with E-state index in [0.717, 1.165) is 11.1 Å². The van der Waals surface area contributed by atoms with E-state index in [-0.39, 0.29) is 10.8 Å². The van der Waals surface area contributed by atoms with Crippen LogP contribution in [-0.4, -0.2) is 19.1 Å². The van der Waals surface area contributed by atoms with Crippen LogP contribution in [0, 0.1) is 0 Å². The van der Waals surface area contributed by atoms with Gasteiger partial charge in [-0.1, -0.05) is 20.8 Å². The number of carbonyl (C=O) groups excluding carboxylic acids is 1. The number of pyridine rings is 1. The van der Waals surface area contributed by atoms with Crippen LogP contribution in [0.25, 0.3) is 0 Å². The Hall–Kier alpha value is -1.00. The summed E-state index contributed by atoms with van der Waals surface area (Å²) < 4.78 is 6.53. The minimum atomic E-state index is -1.92. The Balaban J connectivity index is 2.39. The van der Waals surface area contributed by atoms with Crippen molar-refractivity contribution in [3.05, 3.63) is 29.6 Å². The zero-order valence-electron chi connectivity index (χ0n) is 12.7. The fraction of sp³-hybridized carbons (Fsp3) is 0.600. The SMILES string of the molecule is CC(C)(C)[Si](C)(C)O[C@@]1(C)CC(=O)c2ccncc21. The van der Waals surface area contributed by atoms with Gasteiger partial charge >= 0.3 is 0 Å². The third-order valence-corrected chi connectivity index (χ3v) is 9.05. The van der Waals surface area contributed by atoms with Crippen LogP contribution < -0.4 is 0 Å². The van der Waals surface area contributed by atoms with Gasteiger partial charge in [-0.15, -0.1) is 0 Å². The quantitative estimate of drug-likeness (QED) is 0.769. The number of carbonyl (C=O) groups is 1. The molecule has 1 aliphatic carbocycles. The normalized spacial score (nSPS) is 23.6.